The number of hydrogen-bond donors (Lipinski definition) is 0. The number of carbonyl (C=O) groups is 2. The summed E-state index contributed by atoms with van der Waals surface area (Å²) in [4.78, 5) is 24.0. The third kappa shape index (κ3) is 6.85. The molecule has 1 atom stereocenters. The molecule has 0 bridgehead atoms. The van der Waals surface area contributed by atoms with Crippen molar-refractivity contribution in [2.75, 3.05) is 6.61 Å². The van der Waals surface area contributed by atoms with E-state index in [0.717, 1.165) is 24.8 Å². The number of ketones is 1. The zero-order chi connectivity index (χ0) is 19.7. The summed E-state index contributed by atoms with van der Waals surface area (Å²) in [5, 5.41) is 0. The molecule has 0 amide bonds. The van der Waals surface area contributed by atoms with Crippen LogP contribution >= 0.6 is 0 Å². The van der Waals surface area contributed by atoms with Crippen molar-refractivity contribution in [3.8, 4) is 0 Å². The van der Waals surface area contributed by atoms with E-state index in [9.17, 15) is 9.59 Å². The number of Topliss-reactive ketones (excluding diaryl/α,β-unsaturated/α-hetero) is 1. The predicted molar refractivity (Wildman–Crippen MR) is 106 cm³/mol. The maximum absolute atomic E-state index is 12.2. The lowest BCUT2D eigenvalue weighted by atomic mass is 9.96. The average Bonchev–Trinajstić information content (AvgIpc) is 2.92. The molecule has 1 aliphatic heterocycles. The van der Waals surface area contributed by atoms with Gasteiger partial charge >= 0.3 is 5.97 Å². The Kier molecular flexibility index (Phi) is 8.08. The first-order chi connectivity index (χ1) is 12.9. The van der Waals surface area contributed by atoms with E-state index in [1.165, 1.54) is 37.3 Å². The minimum Gasteiger partial charge on any atom is -0.486 e. The number of esters is 1. The third-order valence-corrected chi connectivity index (χ3v) is 5.01. The average molecular weight is 373 g/mol. The Morgan fingerprint density at radius 1 is 1.07 bits per heavy atom. The smallest absolute Gasteiger partial charge is 0.335 e. The summed E-state index contributed by atoms with van der Waals surface area (Å²) in [6.45, 7) is 6.05. The lowest BCUT2D eigenvalue weighted by Gasteiger charge is -2.26. The van der Waals surface area contributed by atoms with Crippen LogP contribution in [0.3, 0.4) is 0 Å². The number of ether oxygens (including phenoxy) is 2. The highest BCUT2D eigenvalue weighted by molar-refractivity contribution is 5.86. The minimum absolute atomic E-state index is 0.0129. The Hall–Kier alpha value is -2.10. The molecule has 0 aromatic heterocycles. The van der Waals surface area contributed by atoms with Gasteiger partial charge in [0.1, 0.15) is 12.4 Å². The zero-order valence-electron chi connectivity index (χ0n) is 16.9. The second kappa shape index (κ2) is 10.3. The first kappa shape index (κ1) is 21.2. The van der Waals surface area contributed by atoms with Gasteiger partial charge in [0, 0.05) is 6.42 Å². The molecule has 1 unspecified atom stereocenters. The highest BCUT2D eigenvalue weighted by Gasteiger charge is 2.40. The molecule has 1 heterocycles. The molecule has 1 aromatic carbocycles. The van der Waals surface area contributed by atoms with Gasteiger partial charge < -0.3 is 9.47 Å². The SMILES string of the molecule is CCCCCCCCC1(C)OC(=O)C=C1OCC(=O)Cc1ccc(C)cc1. The van der Waals surface area contributed by atoms with Crippen LogP contribution in [0.1, 0.15) is 69.9 Å². The van der Waals surface area contributed by atoms with Gasteiger partial charge in [-0.05, 0) is 32.3 Å². The van der Waals surface area contributed by atoms with E-state index in [4.69, 9.17) is 9.47 Å². The molecule has 0 saturated heterocycles. The fourth-order valence-electron chi connectivity index (χ4n) is 3.32. The Balaban J connectivity index is 1.80. The minimum atomic E-state index is -0.744. The Morgan fingerprint density at radius 2 is 1.74 bits per heavy atom. The van der Waals surface area contributed by atoms with Crippen molar-refractivity contribution in [3.63, 3.8) is 0 Å². The number of hydrogen-bond acceptors (Lipinski definition) is 4. The monoisotopic (exact) mass is 372 g/mol. The van der Waals surface area contributed by atoms with Crippen LogP contribution in [0.4, 0.5) is 0 Å². The highest BCUT2D eigenvalue weighted by atomic mass is 16.6. The zero-order valence-corrected chi connectivity index (χ0v) is 16.9. The van der Waals surface area contributed by atoms with Gasteiger partial charge in [0.2, 0.25) is 0 Å². The van der Waals surface area contributed by atoms with Gasteiger partial charge in [-0.25, -0.2) is 4.79 Å². The fourth-order valence-corrected chi connectivity index (χ4v) is 3.32. The van der Waals surface area contributed by atoms with Gasteiger partial charge in [0.25, 0.3) is 0 Å². The summed E-state index contributed by atoms with van der Waals surface area (Å²) in [6.07, 6.45) is 9.48. The van der Waals surface area contributed by atoms with E-state index in [-0.39, 0.29) is 18.4 Å². The second-order valence-corrected chi connectivity index (χ2v) is 7.67. The van der Waals surface area contributed by atoms with Crippen LogP contribution in [-0.4, -0.2) is 24.0 Å². The van der Waals surface area contributed by atoms with Crippen LogP contribution in [0.25, 0.3) is 0 Å². The summed E-state index contributed by atoms with van der Waals surface area (Å²) in [5.74, 6) is 0.0869. The second-order valence-electron chi connectivity index (χ2n) is 7.67. The first-order valence-electron chi connectivity index (χ1n) is 10.1. The predicted octanol–water partition coefficient (Wildman–Crippen LogP) is 5.07. The highest BCUT2D eigenvalue weighted by Crippen LogP contribution is 2.33. The van der Waals surface area contributed by atoms with Gasteiger partial charge in [-0.3, -0.25) is 4.79 Å². The van der Waals surface area contributed by atoms with Crippen molar-refractivity contribution in [2.24, 2.45) is 0 Å². The molecule has 0 fully saturated rings. The Bertz CT molecular complexity index is 659. The lowest BCUT2D eigenvalue weighted by Crippen LogP contribution is -2.30. The van der Waals surface area contributed by atoms with Crippen molar-refractivity contribution < 1.29 is 19.1 Å². The van der Waals surface area contributed by atoms with E-state index in [1.54, 1.807) is 0 Å². The number of aryl methyl sites for hydroxylation is 1. The molecule has 27 heavy (non-hydrogen) atoms. The third-order valence-electron chi connectivity index (χ3n) is 5.01. The van der Waals surface area contributed by atoms with Crippen molar-refractivity contribution in [1.29, 1.82) is 0 Å². The quantitative estimate of drug-likeness (QED) is 0.379. The summed E-state index contributed by atoms with van der Waals surface area (Å²) in [6, 6.07) is 7.90. The number of rotatable bonds is 12. The molecule has 0 radical (unpaired) electrons. The fraction of sp³-hybridized carbons (Fsp3) is 0.565. The largest absolute Gasteiger partial charge is 0.486 e. The summed E-state index contributed by atoms with van der Waals surface area (Å²) in [5.41, 5.74) is 1.39. The van der Waals surface area contributed by atoms with E-state index in [0.29, 0.717) is 12.2 Å². The van der Waals surface area contributed by atoms with Crippen LogP contribution in [0.2, 0.25) is 0 Å². The standard InChI is InChI=1S/C23H32O4/c1-4-5-6-7-8-9-14-23(3)21(16-22(25)27-23)26-17-20(24)15-19-12-10-18(2)11-13-19/h10-13,16H,4-9,14-15,17H2,1-3H3. The number of cyclic esters (lactones) is 1. The molecular weight excluding hydrogens is 340 g/mol. The van der Waals surface area contributed by atoms with Gasteiger partial charge in [-0.2, -0.15) is 0 Å². The molecule has 1 aliphatic rings. The first-order valence-corrected chi connectivity index (χ1v) is 10.1. The maximum atomic E-state index is 12.2. The van der Waals surface area contributed by atoms with Gasteiger partial charge in [0.05, 0.1) is 6.08 Å². The molecule has 0 aliphatic carbocycles. The molecule has 0 N–H and O–H groups in total. The normalized spacial score (nSPS) is 18.9. The molecule has 0 spiro atoms. The molecule has 1 aromatic rings. The van der Waals surface area contributed by atoms with Crippen LogP contribution in [0.5, 0.6) is 0 Å². The van der Waals surface area contributed by atoms with E-state index < -0.39 is 5.60 Å². The Labute approximate surface area is 162 Å². The molecule has 4 heteroatoms. The van der Waals surface area contributed by atoms with Gasteiger partial charge in [-0.15, -0.1) is 0 Å². The van der Waals surface area contributed by atoms with Crippen molar-refractivity contribution in [2.45, 2.75) is 77.7 Å². The topological polar surface area (TPSA) is 52.6 Å². The van der Waals surface area contributed by atoms with Crippen LogP contribution in [0.15, 0.2) is 36.1 Å². The summed E-state index contributed by atoms with van der Waals surface area (Å²) >= 11 is 0. The summed E-state index contributed by atoms with van der Waals surface area (Å²) in [7, 11) is 0. The van der Waals surface area contributed by atoms with Crippen molar-refractivity contribution in [1.82, 2.24) is 0 Å². The molecular formula is C23H32O4. The van der Waals surface area contributed by atoms with Crippen LogP contribution in [0, 0.1) is 6.92 Å². The van der Waals surface area contributed by atoms with E-state index >= 15 is 0 Å². The van der Waals surface area contributed by atoms with Crippen molar-refractivity contribution in [3.05, 3.63) is 47.2 Å². The van der Waals surface area contributed by atoms with Crippen LogP contribution < -0.4 is 0 Å². The van der Waals surface area contributed by atoms with E-state index in [2.05, 4.69) is 6.92 Å². The molecule has 148 valence electrons. The molecule has 0 saturated carbocycles. The number of carbonyl (C=O) groups excluding carboxylic acids is 2. The van der Waals surface area contributed by atoms with Gasteiger partial charge in [0.15, 0.2) is 11.4 Å². The van der Waals surface area contributed by atoms with Gasteiger partial charge in [-0.1, -0.05) is 68.9 Å². The van der Waals surface area contributed by atoms with Crippen LogP contribution in [-0.2, 0) is 25.5 Å². The number of benzene rings is 1. The van der Waals surface area contributed by atoms with Crippen molar-refractivity contribution >= 4 is 11.8 Å². The lowest BCUT2D eigenvalue weighted by molar-refractivity contribution is -0.147. The molecule has 2 rings (SSSR count). The molecule has 4 nitrogen and oxygen atoms in total. The number of unbranched alkanes of at least 4 members (excludes halogenated alkanes) is 5. The maximum Gasteiger partial charge on any atom is 0.335 e. The van der Waals surface area contributed by atoms with E-state index in [1.807, 2.05) is 38.1 Å². The summed E-state index contributed by atoms with van der Waals surface area (Å²) < 4.78 is 11.2. The Morgan fingerprint density at radius 3 is 2.44 bits per heavy atom.